The average Bonchev–Trinajstić information content (AvgIpc) is 2.92. The number of benzene rings is 1. The first-order valence-corrected chi connectivity index (χ1v) is 5.30. The summed E-state index contributed by atoms with van der Waals surface area (Å²) in [6, 6.07) is 10.0. The molecular formula is C11H11BrO2. The van der Waals surface area contributed by atoms with E-state index >= 15 is 0 Å². The van der Waals surface area contributed by atoms with E-state index in [0.29, 0.717) is 0 Å². The van der Waals surface area contributed by atoms with E-state index in [0.717, 1.165) is 6.42 Å². The third-order valence-corrected chi connectivity index (χ3v) is 3.82. The number of hydrogen-bond donors (Lipinski definition) is 0. The molecule has 14 heavy (non-hydrogen) atoms. The van der Waals surface area contributed by atoms with E-state index in [-0.39, 0.29) is 11.9 Å². The van der Waals surface area contributed by atoms with Gasteiger partial charge < -0.3 is 4.74 Å². The van der Waals surface area contributed by atoms with Crippen molar-refractivity contribution in [3.63, 3.8) is 0 Å². The summed E-state index contributed by atoms with van der Waals surface area (Å²) in [7, 11) is 1.42. The third kappa shape index (κ3) is 1.46. The van der Waals surface area contributed by atoms with Gasteiger partial charge in [-0.15, -0.1) is 0 Å². The highest BCUT2D eigenvalue weighted by atomic mass is 79.9. The van der Waals surface area contributed by atoms with Gasteiger partial charge in [0.1, 0.15) is 4.32 Å². The molecule has 0 heterocycles. The minimum absolute atomic E-state index is 0.175. The van der Waals surface area contributed by atoms with Gasteiger partial charge in [0, 0.05) is 5.92 Å². The summed E-state index contributed by atoms with van der Waals surface area (Å²) in [6.45, 7) is 0. The SMILES string of the molecule is COC(=O)C1(Br)CC1c1ccccc1. The maximum Gasteiger partial charge on any atom is 0.323 e. The first-order valence-electron chi connectivity index (χ1n) is 4.51. The lowest BCUT2D eigenvalue weighted by molar-refractivity contribution is -0.140. The van der Waals surface area contributed by atoms with Crippen LogP contribution in [0.1, 0.15) is 17.9 Å². The second-order valence-corrected chi connectivity index (χ2v) is 4.94. The Morgan fingerprint density at radius 1 is 1.50 bits per heavy atom. The summed E-state index contributed by atoms with van der Waals surface area (Å²) in [5.74, 6) is 0.0857. The van der Waals surface area contributed by atoms with Crippen molar-refractivity contribution >= 4 is 21.9 Å². The molecule has 1 fully saturated rings. The fourth-order valence-electron chi connectivity index (χ4n) is 1.70. The van der Waals surface area contributed by atoms with Crippen LogP contribution >= 0.6 is 15.9 Å². The zero-order valence-corrected chi connectivity index (χ0v) is 9.45. The Hall–Kier alpha value is -0.830. The van der Waals surface area contributed by atoms with Gasteiger partial charge in [-0.05, 0) is 12.0 Å². The van der Waals surface area contributed by atoms with Gasteiger partial charge in [0.15, 0.2) is 0 Å². The number of hydrogen-bond acceptors (Lipinski definition) is 2. The highest BCUT2D eigenvalue weighted by Gasteiger charge is 2.59. The Morgan fingerprint density at radius 3 is 2.71 bits per heavy atom. The minimum Gasteiger partial charge on any atom is -0.468 e. The lowest BCUT2D eigenvalue weighted by atomic mass is 10.1. The predicted octanol–water partition coefficient (Wildman–Crippen LogP) is 2.48. The molecular weight excluding hydrogens is 244 g/mol. The summed E-state index contributed by atoms with van der Waals surface area (Å²) >= 11 is 3.44. The maximum atomic E-state index is 11.4. The highest BCUT2D eigenvalue weighted by molar-refractivity contribution is 9.10. The van der Waals surface area contributed by atoms with Crippen molar-refractivity contribution in [3.05, 3.63) is 35.9 Å². The van der Waals surface area contributed by atoms with Crippen LogP contribution in [0.4, 0.5) is 0 Å². The summed E-state index contributed by atoms with van der Waals surface area (Å²) in [5, 5.41) is 0. The Kier molecular flexibility index (Phi) is 2.35. The second kappa shape index (κ2) is 3.39. The van der Waals surface area contributed by atoms with Crippen LogP contribution < -0.4 is 0 Å². The van der Waals surface area contributed by atoms with Crippen molar-refractivity contribution in [2.75, 3.05) is 7.11 Å². The number of halogens is 1. The van der Waals surface area contributed by atoms with Gasteiger partial charge in [0.2, 0.25) is 0 Å². The molecule has 0 aromatic heterocycles. The molecule has 0 N–H and O–H groups in total. The Morgan fingerprint density at radius 2 is 2.14 bits per heavy atom. The molecule has 0 bridgehead atoms. The molecule has 1 aromatic carbocycles. The first-order chi connectivity index (χ1) is 6.68. The number of methoxy groups -OCH3 is 1. The zero-order valence-electron chi connectivity index (χ0n) is 7.87. The van der Waals surface area contributed by atoms with E-state index < -0.39 is 4.32 Å². The monoisotopic (exact) mass is 254 g/mol. The zero-order chi connectivity index (χ0) is 10.2. The molecule has 2 rings (SSSR count). The first kappa shape index (κ1) is 9.71. The van der Waals surface area contributed by atoms with Gasteiger partial charge in [-0.1, -0.05) is 46.3 Å². The van der Waals surface area contributed by atoms with E-state index in [1.165, 1.54) is 12.7 Å². The van der Waals surface area contributed by atoms with Crippen LogP contribution in [0.25, 0.3) is 0 Å². The van der Waals surface area contributed by atoms with Gasteiger partial charge in [-0.3, -0.25) is 4.79 Å². The molecule has 3 heteroatoms. The van der Waals surface area contributed by atoms with Gasteiger partial charge in [-0.25, -0.2) is 0 Å². The van der Waals surface area contributed by atoms with Crippen molar-refractivity contribution in [2.45, 2.75) is 16.7 Å². The fourth-order valence-corrected chi connectivity index (χ4v) is 2.45. The maximum absolute atomic E-state index is 11.4. The second-order valence-electron chi connectivity index (χ2n) is 3.52. The topological polar surface area (TPSA) is 26.3 Å². The molecule has 1 aromatic rings. The number of alkyl halides is 1. The number of ether oxygens (including phenoxy) is 1. The molecule has 2 nitrogen and oxygen atoms in total. The molecule has 0 radical (unpaired) electrons. The largest absolute Gasteiger partial charge is 0.468 e. The molecule has 1 aliphatic carbocycles. The number of carbonyl (C=O) groups excluding carboxylic acids is 1. The number of esters is 1. The summed E-state index contributed by atoms with van der Waals surface area (Å²) in [4.78, 5) is 11.4. The van der Waals surface area contributed by atoms with Crippen LogP contribution in [0.15, 0.2) is 30.3 Å². The van der Waals surface area contributed by atoms with Gasteiger partial charge in [0.25, 0.3) is 0 Å². The van der Waals surface area contributed by atoms with Gasteiger partial charge >= 0.3 is 5.97 Å². The molecule has 74 valence electrons. The summed E-state index contributed by atoms with van der Waals surface area (Å²) < 4.78 is 4.27. The third-order valence-electron chi connectivity index (χ3n) is 2.62. The Labute approximate surface area is 91.4 Å². The molecule has 1 aliphatic rings. The van der Waals surface area contributed by atoms with Crippen molar-refractivity contribution in [2.24, 2.45) is 0 Å². The van der Waals surface area contributed by atoms with Gasteiger partial charge in [-0.2, -0.15) is 0 Å². The summed E-state index contributed by atoms with van der Waals surface area (Å²) in [5.41, 5.74) is 1.19. The molecule has 0 saturated heterocycles. The number of carbonyl (C=O) groups is 1. The van der Waals surface area contributed by atoms with Crippen LogP contribution in [-0.2, 0) is 9.53 Å². The lowest BCUT2D eigenvalue weighted by Gasteiger charge is -2.06. The van der Waals surface area contributed by atoms with Gasteiger partial charge in [0.05, 0.1) is 7.11 Å². The van der Waals surface area contributed by atoms with E-state index in [4.69, 9.17) is 4.74 Å². The molecule has 0 amide bonds. The van der Waals surface area contributed by atoms with E-state index in [2.05, 4.69) is 15.9 Å². The molecule has 1 saturated carbocycles. The fraction of sp³-hybridized carbons (Fsp3) is 0.364. The smallest absolute Gasteiger partial charge is 0.323 e. The predicted molar refractivity (Wildman–Crippen MR) is 57.5 cm³/mol. The van der Waals surface area contributed by atoms with E-state index in [1.807, 2.05) is 30.3 Å². The Balaban J connectivity index is 2.16. The molecule has 0 spiro atoms. The van der Waals surface area contributed by atoms with Crippen LogP contribution in [0.3, 0.4) is 0 Å². The van der Waals surface area contributed by atoms with Crippen molar-refractivity contribution in [1.29, 1.82) is 0 Å². The standard InChI is InChI=1S/C11H11BrO2/c1-14-10(13)11(12)7-9(11)8-5-3-2-4-6-8/h2-6,9H,7H2,1H3. The minimum atomic E-state index is -0.469. The molecule has 0 aliphatic heterocycles. The van der Waals surface area contributed by atoms with E-state index in [1.54, 1.807) is 0 Å². The normalized spacial score (nSPS) is 29.7. The van der Waals surface area contributed by atoms with Crippen LogP contribution in [-0.4, -0.2) is 17.4 Å². The van der Waals surface area contributed by atoms with Crippen LogP contribution in [0, 0.1) is 0 Å². The summed E-state index contributed by atoms with van der Waals surface area (Å²) in [6.07, 6.45) is 0.823. The Bertz CT molecular complexity index is 350. The van der Waals surface area contributed by atoms with Crippen molar-refractivity contribution in [3.8, 4) is 0 Å². The lowest BCUT2D eigenvalue weighted by Crippen LogP contribution is -2.18. The van der Waals surface area contributed by atoms with Crippen LogP contribution in [0.5, 0.6) is 0 Å². The van der Waals surface area contributed by atoms with E-state index in [9.17, 15) is 4.79 Å². The highest BCUT2D eigenvalue weighted by Crippen LogP contribution is 2.58. The van der Waals surface area contributed by atoms with Crippen molar-refractivity contribution < 1.29 is 9.53 Å². The average molecular weight is 255 g/mol. The quantitative estimate of drug-likeness (QED) is 0.599. The van der Waals surface area contributed by atoms with Crippen molar-refractivity contribution in [1.82, 2.24) is 0 Å². The molecule has 2 unspecified atom stereocenters. The van der Waals surface area contributed by atoms with Crippen LogP contribution in [0.2, 0.25) is 0 Å². The number of rotatable bonds is 2. The molecule has 2 atom stereocenters.